The molecule has 0 aliphatic rings. The van der Waals surface area contributed by atoms with E-state index in [1.54, 1.807) is 13.0 Å². The monoisotopic (exact) mass is 474 g/mol. The van der Waals surface area contributed by atoms with Gasteiger partial charge >= 0.3 is 0 Å². The predicted molar refractivity (Wildman–Crippen MR) is 155 cm³/mol. The van der Waals surface area contributed by atoms with Gasteiger partial charge in [-0.15, -0.1) is 0 Å². The zero-order chi connectivity index (χ0) is 32.7. The Labute approximate surface area is 226 Å². The van der Waals surface area contributed by atoms with Crippen molar-refractivity contribution in [3.8, 4) is 27.9 Å². The van der Waals surface area contributed by atoms with Crippen LogP contribution in [0.2, 0.25) is 0 Å². The quantitative estimate of drug-likeness (QED) is 0.240. The summed E-state index contributed by atoms with van der Waals surface area (Å²) in [5.74, 6) is 0. The van der Waals surface area contributed by atoms with Gasteiger partial charge in [0.2, 0.25) is 0 Å². The first-order valence-corrected chi connectivity index (χ1v) is 12.0. The fourth-order valence-electron chi connectivity index (χ4n) is 5.16. The van der Waals surface area contributed by atoms with Gasteiger partial charge in [-0.2, -0.15) is 0 Å². The summed E-state index contributed by atoms with van der Waals surface area (Å²) >= 11 is 0. The van der Waals surface area contributed by atoms with Gasteiger partial charge in [0.1, 0.15) is 0 Å². The SMILES string of the molecule is [2H]c1c([2H])c([2H])c(-c2cccc3c2c2c(C(C)(C)C)c(-c4c([2H])c([2H])c([2H])c(C)c4[2H])ccc2n3-c2ccccc2)c([2H])c1[2H]. The van der Waals surface area contributed by atoms with Crippen molar-refractivity contribution in [1.29, 1.82) is 0 Å². The van der Waals surface area contributed by atoms with E-state index in [0.29, 0.717) is 22.1 Å². The Morgan fingerprint density at radius 2 is 1.36 bits per heavy atom. The maximum absolute atomic E-state index is 8.99. The van der Waals surface area contributed by atoms with Crippen LogP contribution in [0.3, 0.4) is 0 Å². The molecule has 0 bridgehead atoms. The van der Waals surface area contributed by atoms with Crippen LogP contribution in [0, 0.1) is 6.92 Å². The van der Waals surface area contributed by atoms with Crippen LogP contribution in [0.5, 0.6) is 0 Å². The Hall–Kier alpha value is -4.10. The summed E-state index contributed by atoms with van der Waals surface area (Å²) in [6.45, 7) is 7.72. The molecule has 1 aromatic heterocycles. The minimum atomic E-state index is -0.577. The maximum atomic E-state index is 8.99. The van der Waals surface area contributed by atoms with E-state index < -0.39 is 23.5 Å². The molecular weight excluding hydrogens is 434 g/mol. The molecule has 5 aromatic carbocycles. The summed E-state index contributed by atoms with van der Waals surface area (Å²) in [5.41, 5.74) is 4.39. The van der Waals surface area contributed by atoms with Crippen molar-refractivity contribution < 1.29 is 12.3 Å². The highest BCUT2D eigenvalue weighted by molar-refractivity contribution is 6.18. The molecule has 1 heterocycles. The number of benzene rings is 5. The van der Waals surface area contributed by atoms with Crippen molar-refractivity contribution in [3.05, 3.63) is 126 Å². The molecule has 176 valence electrons. The van der Waals surface area contributed by atoms with Crippen LogP contribution in [0.25, 0.3) is 49.7 Å². The topological polar surface area (TPSA) is 4.93 Å². The van der Waals surface area contributed by atoms with Gasteiger partial charge in [0, 0.05) is 16.5 Å². The molecule has 1 heteroatoms. The van der Waals surface area contributed by atoms with E-state index in [-0.39, 0.29) is 47.4 Å². The number of nitrogens with zero attached hydrogens (tertiary/aromatic N) is 1. The second-order valence-corrected chi connectivity index (χ2v) is 10.0. The van der Waals surface area contributed by atoms with Gasteiger partial charge in [-0.05, 0) is 64.4 Å². The normalized spacial score (nSPS) is 15.4. The molecule has 0 radical (unpaired) electrons. The Bertz CT molecular complexity index is 2130. The minimum Gasteiger partial charge on any atom is -0.309 e. The molecule has 0 fully saturated rings. The zero-order valence-electron chi connectivity index (χ0n) is 29.7. The lowest BCUT2D eigenvalue weighted by Crippen LogP contribution is -2.13. The van der Waals surface area contributed by atoms with E-state index in [1.807, 2.05) is 75.4 Å². The van der Waals surface area contributed by atoms with Crippen molar-refractivity contribution in [2.45, 2.75) is 33.1 Å². The highest BCUT2D eigenvalue weighted by Crippen LogP contribution is 2.46. The third-order valence-corrected chi connectivity index (χ3v) is 6.51. The van der Waals surface area contributed by atoms with Crippen LogP contribution < -0.4 is 0 Å². The summed E-state index contributed by atoms with van der Waals surface area (Å²) in [6, 6.07) is 16.6. The summed E-state index contributed by atoms with van der Waals surface area (Å²) in [6.07, 6.45) is 0. The van der Waals surface area contributed by atoms with E-state index in [0.717, 1.165) is 27.7 Å². The molecule has 0 N–H and O–H groups in total. The van der Waals surface area contributed by atoms with Crippen molar-refractivity contribution >= 4 is 21.8 Å². The molecule has 36 heavy (non-hydrogen) atoms. The third kappa shape index (κ3) is 3.63. The molecule has 0 aliphatic carbocycles. The standard InChI is InChI=1S/C35H31N/c1-24-13-11-16-26(23-24)29-21-22-31-33(34(29)35(2,3)4)32-28(25-14-7-5-8-15-25)19-12-20-30(32)36(31)27-17-9-6-10-18-27/h5-23H,1-4H3/i5D,7D,8D,11D,13D,14D,15D,16D,23D. The van der Waals surface area contributed by atoms with Crippen molar-refractivity contribution in [2.24, 2.45) is 0 Å². The Morgan fingerprint density at radius 3 is 2.11 bits per heavy atom. The van der Waals surface area contributed by atoms with Crippen LogP contribution >= 0.6 is 0 Å². The van der Waals surface area contributed by atoms with Gasteiger partial charge in [0.15, 0.2) is 0 Å². The van der Waals surface area contributed by atoms with Crippen molar-refractivity contribution in [3.63, 3.8) is 0 Å². The minimum absolute atomic E-state index is 0.0171. The third-order valence-electron chi connectivity index (χ3n) is 6.51. The van der Waals surface area contributed by atoms with Gasteiger partial charge in [0.25, 0.3) is 0 Å². The molecule has 0 saturated carbocycles. The molecular formula is C35H31N. The van der Waals surface area contributed by atoms with Gasteiger partial charge in [0.05, 0.1) is 23.4 Å². The number of rotatable bonds is 3. The van der Waals surface area contributed by atoms with E-state index in [4.69, 9.17) is 12.3 Å². The molecule has 1 nitrogen and oxygen atoms in total. The summed E-state index contributed by atoms with van der Waals surface area (Å²) in [4.78, 5) is 0. The highest BCUT2D eigenvalue weighted by atomic mass is 15.0. The number of hydrogen-bond acceptors (Lipinski definition) is 0. The number of para-hydroxylation sites is 1. The number of fused-ring (bicyclic) bond motifs is 3. The maximum Gasteiger partial charge on any atom is 0.0632 e. The largest absolute Gasteiger partial charge is 0.309 e. The average Bonchev–Trinajstić information content (AvgIpc) is 3.35. The van der Waals surface area contributed by atoms with Crippen LogP contribution in [-0.4, -0.2) is 4.57 Å². The Kier molecular flexibility index (Phi) is 3.43. The first-order chi connectivity index (χ1) is 21.2. The number of hydrogen-bond donors (Lipinski definition) is 0. The first-order valence-electron chi connectivity index (χ1n) is 16.5. The molecule has 6 aromatic rings. The van der Waals surface area contributed by atoms with Crippen molar-refractivity contribution in [2.75, 3.05) is 0 Å². The summed E-state index contributed by atoms with van der Waals surface area (Å²) in [5, 5.41) is 1.44. The second kappa shape index (κ2) is 8.53. The van der Waals surface area contributed by atoms with Gasteiger partial charge in [-0.25, -0.2) is 0 Å². The molecule has 0 aliphatic heterocycles. The lowest BCUT2D eigenvalue weighted by molar-refractivity contribution is 0.598. The molecule has 0 saturated heterocycles. The van der Waals surface area contributed by atoms with E-state index in [9.17, 15) is 0 Å². The molecule has 6 rings (SSSR count). The van der Waals surface area contributed by atoms with Crippen LogP contribution in [0.1, 0.15) is 44.2 Å². The van der Waals surface area contributed by atoms with Crippen molar-refractivity contribution in [1.82, 2.24) is 4.57 Å². The molecule has 0 unspecified atom stereocenters. The fourth-order valence-corrected chi connectivity index (χ4v) is 5.16. The van der Waals surface area contributed by atoms with Crippen LogP contribution in [0.4, 0.5) is 0 Å². The Balaban J connectivity index is 1.92. The predicted octanol–water partition coefficient (Wildman–Crippen LogP) is 9.72. The fraction of sp³-hybridized carbons (Fsp3) is 0.143. The highest BCUT2D eigenvalue weighted by Gasteiger charge is 2.27. The lowest BCUT2D eigenvalue weighted by Gasteiger charge is -2.25. The molecule has 0 amide bonds. The molecule has 0 atom stereocenters. The molecule has 0 spiro atoms. The smallest absolute Gasteiger partial charge is 0.0632 e. The van der Waals surface area contributed by atoms with Gasteiger partial charge < -0.3 is 4.57 Å². The lowest BCUT2D eigenvalue weighted by atomic mass is 9.78. The number of aromatic nitrogens is 1. The summed E-state index contributed by atoms with van der Waals surface area (Å²) < 4.78 is 79.4. The van der Waals surface area contributed by atoms with E-state index >= 15 is 0 Å². The van der Waals surface area contributed by atoms with Crippen LogP contribution in [-0.2, 0) is 5.41 Å². The van der Waals surface area contributed by atoms with E-state index in [1.165, 1.54) is 0 Å². The Morgan fingerprint density at radius 1 is 0.639 bits per heavy atom. The average molecular weight is 475 g/mol. The van der Waals surface area contributed by atoms with Gasteiger partial charge in [-0.1, -0.05) is 117 Å². The van der Waals surface area contributed by atoms with Gasteiger partial charge in [-0.3, -0.25) is 0 Å². The zero-order valence-corrected chi connectivity index (χ0v) is 20.7. The first kappa shape index (κ1) is 14.5. The van der Waals surface area contributed by atoms with Crippen LogP contribution in [0.15, 0.2) is 115 Å². The van der Waals surface area contributed by atoms with E-state index in [2.05, 4.69) is 4.57 Å². The summed E-state index contributed by atoms with van der Waals surface area (Å²) in [7, 11) is 0. The second-order valence-electron chi connectivity index (χ2n) is 10.0.